The van der Waals surface area contributed by atoms with Crippen molar-refractivity contribution in [1.82, 2.24) is 10.2 Å². The van der Waals surface area contributed by atoms with Crippen LogP contribution in [0.2, 0.25) is 0 Å². The second-order valence-electron chi connectivity index (χ2n) is 3.74. The third-order valence-corrected chi connectivity index (χ3v) is 2.47. The van der Waals surface area contributed by atoms with Gasteiger partial charge in [0.15, 0.2) is 0 Å². The van der Waals surface area contributed by atoms with Crippen molar-refractivity contribution >= 4 is 5.82 Å². The summed E-state index contributed by atoms with van der Waals surface area (Å²) < 4.78 is 25.4. The van der Waals surface area contributed by atoms with Crippen molar-refractivity contribution in [1.29, 1.82) is 0 Å². The second kappa shape index (κ2) is 4.04. The van der Waals surface area contributed by atoms with E-state index in [4.69, 9.17) is 5.73 Å². The normalized spacial score (nSPS) is 11.1. The minimum absolute atomic E-state index is 0.282. The number of nitrogens with two attached hydrogens (primary N) is 1. The lowest BCUT2D eigenvalue weighted by atomic mass is 10.0. The first-order chi connectivity index (χ1) is 7.99. The molecule has 0 amide bonds. The van der Waals surface area contributed by atoms with E-state index >= 15 is 0 Å². The highest BCUT2D eigenvalue weighted by Gasteiger charge is 2.17. The summed E-state index contributed by atoms with van der Waals surface area (Å²) >= 11 is 0. The number of alkyl halides is 2. The summed E-state index contributed by atoms with van der Waals surface area (Å²) in [6.45, 7) is 1.56. The van der Waals surface area contributed by atoms with Gasteiger partial charge in [0.25, 0.3) is 6.43 Å². The lowest BCUT2D eigenvalue weighted by molar-refractivity contribution is 0.147. The number of phenols is 1. The van der Waals surface area contributed by atoms with Crippen LogP contribution in [0.15, 0.2) is 18.2 Å². The van der Waals surface area contributed by atoms with Gasteiger partial charge in [-0.1, -0.05) is 0 Å². The fraction of sp³-hybridized carbons (Fsp3) is 0.182. The monoisotopic (exact) mass is 239 g/mol. The molecule has 0 saturated heterocycles. The highest BCUT2D eigenvalue weighted by atomic mass is 19.3. The molecular weight excluding hydrogens is 228 g/mol. The lowest BCUT2D eigenvalue weighted by Gasteiger charge is -2.09. The molecule has 0 fully saturated rings. The SMILES string of the molecule is Cc1cc(-c2cc(N)n[nH]2)cc(C(F)F)c1O. The average molecular weight is 239 g/mol. The first-order valence-electron chi connectivity index (χ1n) is 4.92. The number of rotatable bonds is 2. The molecule has 0 saturated carbocycles. The Bertz CT molecular complexity index is 552. The smallest absolute Gasteiger partial charge is 0.267 e. The molecule has 1 heterocycles. The van der Waals surface area contributed by atoms with Gasteiger partial charge in [0, 0.05) is 11.6 Å². The average Bonchev–Trinajstić information content (AvgIpc) is 2.68. The number of nitrogen functional groups attached to an aromatic ring is 1. The molecule has 0 radical (unpaired) electrons. The third-order valence-electron chi connectivity index (χ3n) is 2.47. The zero-order chi connectivity index (χ0) is 12.6. The number of hydrogen-bond donors (Lipinski definition) is 3. The van der Waals surface area contributed by atoms with Crippen LogP contribution in [0.3, 0.4) is 0 Å². The van der Waals surface area contributed by atoms with Crippen molar-refractivity contribution in [2.24, 2.45) is 0 Å². The van der Waals surface area contributed by atoms with E-state index in [9.17, 15) is 13.9 Å². The van der Waals surface area contributed by atoms with Gasteiger partial charge in [-0.3, -0.25) is 5.10 Å². The number of anilines is 1. The van der Waals surface area contributed by atoms with Gasteiger partial charge in [-0.25, -0.2) is 8.78 Å². The number of hydrogen-bond acceptors (Lipinski definition) is 3. The summed E-state index contributed by atoms with van der Waals surface area (Å²) in [5.74, 6) is -0.0967. The number of benzene rings is 1. The summed E-state index contributed by atoms with van der Waals surface area (Å²) in [4.78, 5) is 0. The van der Waals surface area contributed by atoms with Crippen LogP contribution in [0.1, 0.15) is 17.6 Å². The van der Waals surface area contributed by atoms with Crippen LogP contribution in [0.4, 0.5) is 14.6 Å². The molecule has 0 atom stereocenters. The molecule has 90 valence electrons. The maximum Gasteiger partial charge on any atom is 0.267 e. The van der Waals surface area contributed by atoms with Gasteiger partial charge in [0.2, 0.25) is 0 Å². The van der Waals surface area contributed by atoms with E-state index < -0.39 is 12.0 Å². The number of H-pyrrole nitrogens is 1. The Labute approximate surface area is 96.1 Å². The van der Waals surface area contributed by atoms with Gasteiger partial charge in [-0.15, -0.1) is 0 Å². The molecule has 0 aliphatic carbocycles. The van der Waals surface area contributed by atoms with Crippen molar-refractivity contribution in [3.63, 3.8) is 0 Å². The van der Waals surface area contributed by atoms with E-state index in [2.05, 4.69) is 10.2 Å². The fourth-order valence-electron chi connectivity index (χ4n) is 1.61. The highest BCUT2D eigenvalue weighted by Crippen LogP contribution is 2.35. The van der Waals surface area contributed by atoms with E-state index in [0.29, 0.717) is 16.8 Å². The first kappa shape index (κ1) is 11.4. The maximum atomic E-state index is 12.7. The number of phenolic OH excluding ortho intramolecular Hbond substituents is 1. The van der Waals surface area contributed by atoms with Gasteiger partial charge in [0.05, 0.1) is 11.3 Å². The summed E-state index contributed by atoms with van der Waals surface area (Å²) in [7, 11) is 0. The van der Waals surface area contributed by atoms with Crippen LogP contribution in [-0.2, 0) is 0 Å². The molecule has 0 bridgehead atoms. The Balaban J connectivity index is 2.56. The van der Waals surface area contributed by atoms with Crippen LogP contribution in [-0.4, -0.2) is 15.3 Å². The fourth-order valence-corrected chi connectivity index (χ4v) is 1.61. The molecule has 6 heteroatoms. The second-order valence-corrected chi connectivity index (χ2v) is 3.74. The molecule has 1 aromatic carbocycles. The highest BCUT2D eigenvalue weighted by molar-refractivity contribution is 5.66. The van der Waals surface area contributed by atoms with Crippen LogP contribution >= 0.6 is 0 Å². The van der Waals surface area contributed by atoms with Gasteiger partial charge in [-0.05, 0) is 24.6 Å². The molecular formula is C11H11F2N3O. The van der Waals surface area contributed by atoms with Crippen molar-refractivity contribution in [2.45, 2.75) is 13.3 Å². The van der Waals surface area contributed by atoms with Gasteiger partial charge in [0.1, 0.15) is 11.6 Å². The summed E-state index contributed by atoms with van der Waals surface area (Å²) in [5, 5.41) is 15.9. The zero-order valence-electron chi connectivity index (χ0n) is 9.04. The Morgan fingerprint density at radius 2 is 2.06 bits per heavy atom. The molecule has 2 aromatic rings. The number of nitrogens with one attached hydrogen (secondary N) is 1. The van der Waals surface area contributed by atoms with Crippen LogP contribution in [0.25, 0.3) is 11.3 Å². The number of aromatic amines is 1. The van der Waals surface area contributed by atoms with Crippen LogP contribution in [0, 0.1) is 6.92 Å². The van der Waals surface area contributed by atoms with E-state index in [1.807, 2.05) is 0 Å². The molecule has 0 spiro atoms. The van der Waals surface area contributed by atoms with Crippen molar-refractivity contribution in [2.75, 3.05) is 5.73 Å². The molecule has 4 N–H and O–H groups in total. The molecule has 0 unspecified atom stereocenters. The quantitative estimate of drug-likeness (QED) is 0.754. The van der Waals surface area contributed by atoms with E-state index in [-0.39, 0.29) is 11.6 Å². The number of aromatic hydroxyl groups is 1. The van der Waals surface area contributed by atoms with E-state index in [1.54, 1.807) is 19.1 Å². The van der Waals surface area contributed by atoms with Crippen molar-refractivity contribution in [3.05, 3.63) is 29.3 Å². The van der Waals surface area contributed by atoms with Crippen LogP contribution < -0.4 is 5.73 Å². The maximum absolute atomic E-state index is 12.7. The predicted molar refractivity (Wildman–Crippen MR) is 59.8 cm³/mol. The third kappa shape index (κ3) is 2.06. The Kier molecular flexibility index (Phi) is 2.71. The number of halogens is 2. The topological polar surface area (TPSA) is 74.9 Å². The molecule has 17 heavy (non-hydrogen) atoms. The first-order valence-corrected chi connectivity index (χ1v) is 4.92. The summed E-state index contributed by atoms with van der Waals surface area (Å²) in [5.41, 5.74) is 6.48. The Morgan fingerprint density at radius 3 is 2.59 bits per heavy atom. The summed E-state index contributed by atoms with van der Waals surface area (Å²) in [6, 6.07) is 4.36. The van der Waals surface area contributed by atoms with Gasteiger partial charge >= 0.3 is 0 Å². The minimum atomic E-state index is -2.73. The molecule has 4 nitrogen and oxygen atoms in total. The minimum Gasteiger partial charge on any atom is -0.507 e. The molecule has 2 rings (SSSR count). The number of nitrogens with zero attached hydrogens (tertiary/aromatic N) is 1. The van der Waals surface area contributed by atoms with Crippen molar-refractivity contribution < 1.29 is 13.9 Å². The van der Waals surface area contributed by atoms with E-state index in [1.165, 1.54) is 6.07 Å². The standard InChI is InChI=1S/C11H11F2N3O/c1-5-2-6(8-4-9(14)16-15-8)3-7(10(5)17)11(12)13/h2-4,11,17H,1H3,(H3,14,15,16). The van der Waals surface area contributed by atoms with Crippen LogP contribution in [0.5, 0.6) is 5.75 Å². The zero-order valence-corrected chi connectivity index (χ0v) is 9.04. The van der Waals surface area contributed by atoms with Crippen molar-refractivity contribution in [3.8, 4) is 17.0 Å². The Hall–Kier alpha value is -2.11. The number of aryl methyl sites for hydroxylation is 1. The van der Waals surface area contributed by atoms with E-state index in [0.717, 1.165) is 0 Å². The van der Waals surface area contributed by atoms with Gasteiger partial charge < -0.3 is 10.8 Å². The lowest BCUT2D eigenvalue weighted by Crippen LogP contribution is -1.90. The molecule has 1 aromatic heterocycles. The summed E-state index contributed by atoms with van der Waals surface area (Å²) in [6.07, 6.45) is -2.73. The molecule has 0 aliphatic heterocycles. The predicted octanol–water partition coefficient (Wildman–Crippen LogP) is 2.61. The largest absolute Gasteiger partial charge is 0.507 e. The number of aromatic nitrogens is 2. The Morgan fingerprint density at radius 1 is 1.35 bits per heavy atom. The molecule has 0 aliphatic rings. The van der Waals surface area contributed by atoms with Gasteiger partial charge in [-0.2, -0.15) is 5.10 Å².